The van der Waals surface area contributed by atoms with Crippen LogP contribution in [0.15, 0.2) is 24.3 Å². The second kappa shape index (κ2) is 6.91. The van der Waals surface area contributed by atoms with Gasteiger partial charge in [-0.05, 0) is 31.0 Å². The van der Waals surface area contributed by atoms with Crippen molar-refractivity contribution in [1.29, 1.82) is 0 Å². The monoisotopic (exact) mass is 238 g/mol. The molecule has 0 aliphatic rings. The van der Waals surface area contributed by atoms with Crippen molar-refractivity contribution in [3.8, 4) is 5.75 Å². The van der Waals surface area contributed by atoms with Gasteiger partial charge in [-0.3, -0.25) is 0 Å². The van der Waals surface area contributed by atoms with Gasteiger partial charge in [0.2, 0.25) is 0 Å². The number of esters is 1. The van der Waals surface area contributed by atoms with E-state index in [0.29, 0.717) is 18.8 Å². The van der Waals surface area contributed by atoms with Gasteiger partial charge < -0.3 is 14.6 Å². The van der Waals surface area contributed by atoms with Gasteiger partial charge in [-0.15, -0.1) is 0 Å². The molecule has 1 atom stereocenters. The van der Waals surface area contributed by atoms with E-state index in [1.807, 2.05) is 6.92 Å². The third-order valence-electron chi connectivity index (χ3n) is 2.28. The minimum atomic E-state index is -0.594. The van der Waals surface area contributed by atoms with Crippen molar-refractivity contribution in [2.45, 2.75) is 33.0 Å². The highest BCUT2D eigenvalue weighted by Gasteiger charge is 2.19. The molecular weight excluding hydrogens is 220 g/mol. The predicted molar refractivity (Wildman–Crippen MR) is 63.7 cm³/mol. The lowest BCUT2D eigenvalue weighted by Crippen LogP contribution is -2.28. The summed E-state index contributed by atoms with van der Waals surface area (Å²) in [6, 6.07) is 7.03. The SMILES string of the molecule is CCOC(=O)[C@@H](CC)Oc1cccc(CO)c1. The molecule has 1 aromatic rings. The van der Waals surface area contributed by atoms with E-state index >= 15 is 0 Å². The molecule has 0 aliphatic carbocycles. The van der Waals surface area contributed by atoms with E-state index in [4.69, 9.17) is 14.6 Å². The lowest BCUT2D eigenvalue weighted by atomic mass is 10.2. The third-order valence-corrected chi connectivity index (χ3v) is 2.28. The van der Waals surface area contributed by atoms with Gasteiger partial charge in [0, 0.05) is 0 Å². The number of ether oxygens (including phenoxy) is 2. The van der Waals surface area contributed by atoms with Crippen LogP contribution in [0.3, 0.4) is 0 Å². The predicted octanol–water partition coefficient (Wildman–Crippen LogP) is 1.90. The van der Waals surface area contributed by atoms with Crippen molar-refractivity contribution in [2.24, 2.45) is 0 Å². The molecule has 0 amide bonds. The van der Waals surface area contributed by atoms with E-state index in [9.17, 15) is 4.79 Å². The molecule has 0 spiro atoms. The van der Waals surface area contributed by atoms with Crippen molar-refractivity contribution < 1.29 is 19.4 Å². The second-order valence-electron chi connectivity index (χ2n) is 3.57. The molecule has 1 aromatic carbocycles. The van der Waals surface area contributed by atoms with Crippen LogP contribution in [0.4, 0.5) is 0 Å². The number of rotatable bonds is 6. The Kier molecular flexibility index (Phi) is 5.49. The van der Waals surface area contributed by atoms with Crippen LogP contribution < -0.4 is 4.74 Å². The molecule has 4 nitrogen and oxygen atoms in total. The maximum absolute atomic E-state index is 11.5. The Morgan fingerprint density at radius 3 is 2.76 bits per heavy atom. The number of aliphatic hydroxyl groups excluding tert-OH is 1. The molecule has 0 saturated carbocycles. The molecule has 0 unspecified atom stereocenters. The van der Waals surface area contributed by atoms with E-state index < -0.39 is 6.10 Å². The van der Waals surface area contributed by atoms with Gasteiger partial charge in [0.1, 0.15) is 5.75 Å². The molecule has 4 heteroatoms. The van der Waals surface area contributed by atoms with Crippen molar-refractivity contribution in [3.05, 3.63) is 29.8 Å². The molecule has 94 valence electrons. The Hall–Kier alpha value is -1.55. The minimum Gasteiger partial charge on any atom is -0.479 e. The first-order valence-corrected chi connectivity index (χ1v) is 5.74. The van der Waals surface area contributed by atoms with Crippen LogP contribution in [0.1, 0.15) is 25.8 Å². The van der Waals surface area contributed by atoms with E-state index in [0.717, 1.165) is 5.56 Å². The van der Waals surface area contributed by atoms with Crippen LogP contribution in [-0.4, -0.2) is 23.8 Å². The maximum atomic E-state index is 11.5. The number of aliphatic hydroxyl groups is 1. The Bertz CT molecular complexity index is 362. The summed E-state index contributed by atoms with van der Waals surface area (Å²) in [5, 5.41) is 9.00. The van der Waals surface area contributed by atoms with Crippen LogP contribution in [0, 0.1) is 0 Å². The first kappa shape index (κ1) is 13.5. The summed E-state index contributed by atoms with van der Waals surface area (Å²) in [7, 11) is 0. The number of carbonyl (C=O) groups is 1. The Morgan fingerprint density at radius 1 is 1.41 bits per heavy atom. The Labute approximate surface area is 101 Å². The Morgan fingerprint density at radius 2 is 2.18 bits per heavy atom. The summed E-state index contributed by atoms with van der Waals surface area (Å²) in [5.41, 5.74) is 0.751. The van der Waals surface area contributed by atoms with Crippen molar-refractivity contribution >= 4 is 5.97 Å². The summed E-state index contributed by atoms with van der Waals surface area (Å²) in [5.74, 6) is 0.209. The van der Waals surface area contributed by atoms with E-state index in [2.05, 4.69) is 0 Å². The van der Waals surface area contributed by atoms with Crippen LogP contribution in [0.5, 0.6) is 5.75 Å². The molecular formula is C13H18O4. The van der Waals surface area contributed by atoms with Crippen molar-refractivity contribution in [2.75, 3.05) is 6.61 Å². The molecule has 0 radical (unpaired) electrons. The number of carbonyl (C=O) groups excluding carboxylic acids is 1. The smallest absolute Gasteiger partial charge is 0.347 e. The Balaban J connectivity index is 2.69. The number of hydrogen-bond acceptors (Lipinski definition) is 4. The molecule has 0 aliphatic heterocycles. The first-order chi connectivity index (χ1) is 8.21. The van der Waals surface area contributed by atoms with Gasteiger partial charge in [0.05, 0.1) is 13.2 Å². The third kappa shape index (κ3) is 4.07. The zero-order chi connectivity index (χ0) is 12.7. The summed E-state index contributed by atoms with van der Waals surface area (Å²) >= 11 is 0. The second-order valence-corrected chi connectivity index (χ2v) is 3.57. The molecule has 1 N–H and O–H groups in total. The fourth-order valence-electron chi connectivity index (χ4n) is 1.41. The van der Waals surface area contributed by atoms with Gasteiger partial charge >= 0.3 is 5.97 Å². The summed E-state index contributed by atoms with van der Waals surface area (Å²) < 4.78 is 10.4. The van der Waals surface area contributed by atoms with Crippen LogP contribution in [-0.2, 0) is 16.1 Å². The average molecular weight is 238 g/mol. The normalized spacial score (nSPS) is 11.9. The molecule has 0 heterocycles. The molecule has 1 rings (SSSR count). The van der Waals surface area contributed by atoms with Crippen LogP contribution >= 0.6 is 0 Å². The van der Waals surface area contributed by atoms with Gasteiger partial charge in [-0.25, -0.2) is 4.79 Å². The fourth-order valence-corrected chi connectivity index (χ4v) is 1.41. The number of benzene rings is 1. The van der Waals surface area contributed by atoms with Crippen LogP contribution in [0.25, 0.3) is 0 Å². The van der Waals surface area contributed by atoms with E-state index in [1.165, 1.54) is 0 Å². The molecule has 17 heavy (non-hydrogen) atoms. The lowest BCUT2D eigenvalue weighted by Gasteiger charge is -2.16. The standard InChI is InChI=1S/C13H18O4/c1-3-12(13(15)16-4-2)17-11-7-5-6-10(8-11)9-14/h5-8,12,14H,3-4,9H2,1-2H3/t12-/m1/s1. The topological polar surface area (TPSA) is 55.8 Å². The average Bonchev–Trinajstić information content (AvgIpc) is 2.36. The first-order valence-electron chi connectivity index (χ1n) is 5.74. The highest BCUT2D eigenvalue weighted by atomic mass is 16.6. The molecule has 0 fully saturated rings. The van der Waals surface area contributed by atoms with Gasteiger partial charge in [-0.2, -0.15) is 0 Å². The highest BCUT2D eigenvalue weighted by Crippen LogP contribution is 2.16. The maximum Gasteiger partial charge on any atom is 0.347 e. The summed E-state index contributed by atoms with van der Waals surface area (Å²) in [6.45, 7) is 3.91. The molecule has 0 aromatic heterocycles. The summed E-state index contributed by atoms with van der Waals surface area (Å²) in [6.07, 6.45) is -0.0498. The lowest BCUT2D eigenvalue weighted by molar-refractivity contribution is -0.151. The number of hydrogen-bond donors (Lipinski definition) is 1. The van der Waals surface area contributed by atoms with E-state index in [-0.39, 0.29) is 12.6 Å². The highest BCUT2D eigenvalue weighted by molar-refractivity contribution is 5.75. The fraction of sp³-hybridized carbons (Fsp3) is 0.462. The van der Waals surface area contributed by atoms with Gasteiger partial charge in [0.15, 0.2) is 6.10 Å². The van der Waals surface area contributed by atoms with Crippen LogP contribution in [0.2, 0.25) is 0 Å². The summed E-state index contributed by atoms with van der Waals surface area (Å²) in [4.78, 5) is 11.5. The zero-order valence-electron chi connectivity index (χ0n) is 10.2. The molecule has 0 saturated heterocycles. The quantitative estimate of drug-likeness (QED) is 0.769. The largest absolute Gasteiger partial charge is 0.479 e. The molecule has 0 bridgehead atoms. The zero-order valence-corrected chi connectivity index (χ0v) is 10.2. The minimum absolute atomic E-state index is 0.0482. The van der Waals surface area contributed by atoms with Gasteiger partial charge in [-0.1, -0.05) is 19.1 Å². The van der Waals surface area contributed by atoms with Crippen molar-refractivity contribution in [1.82, 2.24) is 0 Å². The van der Waals surface area contributed by atoms with E-state index in [1.54, 1.807) is 31.2 Å². The van der Waals surface area contributed by atoms with Gasteiger partial charge in [0.25, 0.3) is 0 Å². The van der Waals surface area contributed by atoms with Crippen molar-refractivity contribution in [3.63, 3.8) is 0 Å².